The highest BCUT2D eigenvalue weighted by Gasteiger charge is 2.34. The Hall–Kier alpha value is -2.13. The second kappa shape index (κ2) is 7.63. The molecule has 3 heterocycles. The molecule has 142 valence electrons. The maximum atomic E-state index is 12.8. The van der Waals surface area contributed by atoms with Gasteiger partial charge in [0.2, 0.25) is 11.0 Å². The maximum Gasteiger partial charge on any atom is 0.276 e. The molecular formula is C17H24N4O4S. The van der Waals surface area contributed by atoms with Gasteiger partial charge >= 0.3 is 0 Å². The van der Waals surface area contributed by atoms with E-state index in [9.17, 15) is 13.2 Å². The number of nitrogens with zero attached hydrogens (tertiary/aromatic N) is 2. The van der Waals surface area contributed by atoms with E-state index in [0.29, 0.717) is 37.4 Å². The molecule has 3 rings (SSSR count). The van der Waals surface area contributed by atoms with Gasteiger partial charge in [0, 0.05) is 31.2 Å². The highest BCUT2D eigenvalue weighted by molar-refractivity contribution is 7.89. The Morgan fingerprint density at radius 1 is 1.38 bits per heavy atom. The Bertz CT molecular complexity index is 836. The molecule has 26 heavy (non-hydrogen) atoms. The van der Waals surface area contributed by atoms with Crippen LogP contribution in [-0.4, -0.2) is 48.0 Å². The van der Waals surface area contributed by atoms with Crippen LogP contribution in [-0.2, 0) is 14.8 Å². The molecule has 0 saturated carbocycles. The smallest absolute Gasteiger partial charge is 0.276 e. The summed E-state index contributed by atoms with van der Waals surface area (Å²) in [7, 11) is -3.71. The van der Waals surface area contributed by atoms with Crippen LogP contribution in [0.15, 0.2) is 33.9 Å². The fourth-order valence-corrected chi connectivity index (χ4v) is 4.33. The first-order valence-electron chi connectivity index (χ1n) is 8.82. The van der Waals surface area contributed by atoms with Gasteiger partial charge in [-0.05, 0) is 44.4 Å². The molecule has 0 aromatic carbocycles. The number of hydrogen-bond acceptors (Lipinski definition) is 5. The number of piperidine rings is 1. The normalized spacial score (nSPS) is 17.9. The molecule has 0 bridgehead atoms. The van der Waals surface area contributed by atoms with Crippen LogP contribution in [0.5, 0.6) is 0 Å². The Balaban J connectivity index is 1.64. The Labute approximate surface area is 153 Å². The van der Waals surface area contributed by atoms with Gasteiger partial charge in [0.05, 0.1) is 0 Å². The lowest BCUT2D eigenvalue weighted by molar-refractivity contribution is -0.126. The third kappa shape index (κ3) is 3.83. The summed E-state index contributed by atoms with van der Waals surface area (Å²) < 4.78 is 32.4. The van der Waals surface area contributed by atoms with Crippen molar-refractivity contribution >= 4 is 15.9 Å². The lowest BCUT2D eigenvalue weighted by Gasteiger charge is -2.30. The number of sulfonamides is 1. The van der Waals surface area contributed by atoms with E-state index in [1.807, 2.05) is 13.8 Å². The lowest BCUT2D eigenvalue weighted by Crippen LogP contribution is -2.44. The van der Waals surface area contributed by atoms with Crippen LogP contribution in [0.2, 0.25) is 0 Å². The molecule has 9 heteroatoms. The minimum atomic E-state index is -3.71. The first kappa shape index (κ1) is 18.7. The van der Waals surface area contributed by atoms with Crippen molar-refractivity contribution in [2.45, 2.75) is 44.2 Å². The van der Waals surface area contributed by atoms with Crippen molar-refractivity contribution in [3.05, 3.63) is 24.4 Å². The third-order valence-corrected chi connectivity index (χ3v) is 6.54. The second-order valence-corrected chi connectivity index (χ2v) is 8.45. The van der Waals surface area contributed by atoms with Crippen LogP contribution in [0.25, 0.3) is 11.5 Å². The Kier molecular flexibility index (Phi) is 5.47. The van der Waals surface area contributed by atoms with E-state index in [0.717, 1.165) is 6.42 Å². The second-order valence-electron chi connectivity index (χ2n) is 6.59. The topological polar surface area (TPSA) is 108 Å². The van der Waals surface area contributed by atoms with Gasteiger partial charge < -0.3 is 9.73 Å². The zero-order chi connectivity index (χ0) is 18.7. The van der Waals surface area contributed by atoms with Gasteiger partial charge in [0.15, 0.2) is 5.76 Å². The SMILES string of the molecule is CCC(C)NC(=O)C1CCN(S(=O)(=O)c2ccc(-c3ccn[nH]3)o2)CC1. The summed E-state index contributed by atoms with van der Waals surface area (Å²) in [5.74, 6) is 0.285. The van der Waals surface area contributed by atoms with Gasteiger partial charge in [-0.15, -0.1) is 0 Å². The van der Waals surface area contributed by atoms with Crippen LogP contribution in [0, 0.1) is 5.92 Å². The number of hydrogen-bond donors (Lipinski definition) is 2. The zero-order valence-corrected chi connectivity index (χ0v) is 15.8. The molecule has 0 radical (unpaired) electrons. The lowest BCUT2D eigenvalue weighted by atomic mass is 9.97. The fraction of sp³-hybridized carbons (Fsp3) is 0.529. The summed E-state index contributed by atoms with van der Waals surface area (Å²) in [5.41, 5.74) is 0.617. The van der Waals surface area contributed by atoms with Crippen molar-refractivity contribution in [3.8, 4) is 11.5 Å². The average Bonchev–Trinajstić information content (AvgIpc) is 3.33. The fourth-order valence-electron chi connectivity index (χ4n) is 2.95. The zero-order valence-electron chi connectivity index (χ0n) is 14.9. The first-order chi connectivity index (χ1) is 12.4. The molecule has 1 saturated heterocycles. The van der Waals surface area contributed by atoms with Gasteiger partial charge in [-0.25, -0.2) is 8.42 Å². The summed E-state index contributed by atoms with van der Waals surface area (Å²) in [6, 6.07) is 4.89. The van der Waals surface area contributed by atoms with E-state index in [2.05, 4.69) is 15.5 Å². The number of aromatic amines is 1. The van der Waals surface area contributed by atoms with Crippen LogP contribution < -0.4 is 5.32 Å². The largest absolute Gasteiger partial charge is 0.442 e. The minimum absolute atomic E-state index is 0.0101. The quantitative estimate of drug-likeness (QED) is 0.797. The summed E-state index contributed by atoms with van der Waals surface area (Å²) in [4.78, 5) is 12.2. The predicted molar refractivity (Wildman–Crippen MR) is 95.7 cm³/mol. The number of H-pyrrole nitrogens is 1. The Morgan fingerprint density at radius 3 is 2.73 bits per heavy atom. The average molecular weight is 380 g/mol. The van der Waals surface area contributed by atoms with E-state index in [1.165, 1.54) is 10.4 Å². The van der Waals surface area contributed by atoms with Crippen molar-refractivity contribution in [2.24, 2.45) is 5.92 Å². The van der Waals surface area contributed by atoms with Crippen molar-refractivity contribution in [1.29, 1.82) is 0 Å². The molecule has 2 aromatic heterocycles. The van der Waals surface area contributed by atoms with Crippen LogP contribution in [0.3, 0.4) is 0 Å². The molecule has 1 amide bonds. The van der Waals surface area contributed by atoms with E-state index >= 15 is 0 Å². The van der Waals surface area contributed by atoms with Crippen LogP contribution in [0.4, 0.5) is 0 Å². The molecule has 1 aliphatic heterocycles. The molecule has 2 aromatic rings. The number of furan rings is 1. The number of rotatable bonds is 6. The van der Waals surface area contributed by atoms with Gasteiger partial charge in [-0.1, -0.05) is 6.92 Å². The first-order valence-corrected chi connectivity index (χ1v) is 10.3. The number of aromatic nitrogens is 2. The standard InChI is InChI=1S/C17H24N4O4S/c1-3-12(2)19-17(22)13-7-10-21(11-8-13)26(23,24)16-5-4-15(25-16)14-6-9-18-20-14/h4-6,9,12-13H,3,7-8,10-11H2,1-2H3,(H,18,20)(H,19,22). The minimum Gasteiger partial charge on any atom is -0.442 e. The van der Waals surface area contributed by atoms with Crippen molar-refractivity contribution in [3.63, 3.8) is 0 Å². The van der Waals surface area contributed by atoms with E-state index < -0.39 is 10.0 Å². The molecule has 1 aliphatic rings. The molecule has 0 spiro atoms. The molecule has 0 aliphatic carbocycles. The van der Waals surface area contributed by atoms with Gasteiger partial charge in [0.1, 0.15) is 5.69 Å². The maximum absolute atomic E-state index is 12.8. The summed E-state index contributed by atoms with van der Waals surface area (Å²) >= 11 is 0. The van der Waals surface area contributed by atoms with Gasteiger partial charge in [0.25, 0.3) is 10.0 Å². The van der Waals surface area contributed by atoms with Crippen LogP contribution in [0.1, 0.15) is 33.1 Å². The van der Waals surface area contributed by atoms with E-state index in [1.54, 1.807) is 18.3 Å². The summed E-state index contributed by atoms with van der Waals surface area (Å²) in [6.45, 7) is 4.59. The molecule has 1 atom stereocenters. The highest BCUT2D eigenvalue weighted by Crippen LogP contribution is 2.28. The van der Waals surface area contributed by atoms with Crippen molar-refractivity contribution in [1.82, 2.24) is 19.8 Å². The molecule has 2 N–H and O–H groups in total. The summed E-state index contributed by atoms with van der Waals surface area (Å²) in [6.07, 6.45) is 3.46. The number of carbonyl (C=O) groups excluding carboxylic acids is 1. The van der Waals surface area contributed by atoms with E-state index in [4.69, 9.17) is 4.42 Å². The molecule has 8 nitrogen and oxygen atoms in total. The summed E-state index contributed by atoms with van der Waals surface area (Å²) in [5, 5.41) is 9.44. The highest BCUT2D eigenvalue weighted by atomic mass is 32.2. The van der Waals surface area contributed by atoms with Crippen molar-refractivity contribution < 1.29 is 17.6 Å². The van der Waals surface area contributed by atoms with Gasteiger partial charge in [-0.2, -0.15) is 9.40 Å². The number of carbonyl (C=O) groups is 1. The number of amides is 1. The van der Waals surface area contributed by atoms with Gasteiger partial charge in [-0.3, -0.25) is 9.89 Å². The van der Waals surface area contributed by atoms with E-state index in [-0.39, 0.29) is 23.0 Å². The number of nitrogens with one attached hydrogen (secondary N) is 2. The monoisotopic (exact) mass is 380 g/mol. The van der Waals surface area contributed by atoms with Crippen molar-refractivity contribution in [2.75, 3.05) is 13.1 Å². The predicted octanol–water partition coefficient (Wildman–Crippen LogP) is 1.99. The molecule has 1 unspecified atom stereocenters. The molecule has 1 fully saturated rings. The third-order valence-electron chi connectivity index (χ3n) is 4.77. The van der Waals surface area contributed by atoms with Crippen LogP contribution >= 0.6 is 0 Å². The molecular weight excluding hydrogens is 356 g/mol. The Morgan fingerprint density at radius 2 is 2.12 bits per heavy atom.